The fraction of sp³-hybridized carbons (Fsp3) is 0.222. The molecule has 0 unspecified atom stereocenters. The maximum atomic E-state index is 3.63. The lowest BCUT2D eigenvalue weighted by molar-refractivity contribution is 0.866. The minimum atomic E-state index is 1.08. The highest BCUT2D eigenvalue weighted by molar-refractivity contribution is 5.46. The molecular formula is C18H23N. The molecular weight excluding hydrogens is 230 g/mol. The predicted molar refractivity (Wildman–Crippen MR) is 86.5 cm³/mol. The molecule has 0 spiro atoms. The van der Waals surface area contributed by atoms with E-state index in [9.17, 15) is 0 Å². The van der Waals surface area contributed by atoms with Crippen molar-refractivity contribution in [1.29, 1.82) is 0 Å². The summed E-state index contributed by atoms with van der Waals surface area (Å²) >= 11 is 0. The van der Waals surface area contributed by atoms with Gasteiger partial charge in [-0.2, -0.15) is 0 Å². The van der Waals surface area contributed by atoms with Crippen molar-refractivity contribution in [3.63, 3.8) is 0 Å². The van der Waals surface area contributed by atoms with Crippen LogP contribution in [0.2, 0.25) is 0 Å². The van der Waals surface area contributed by atoms with E-state index in [1.54, 1.807) is 0 Å². The third-order valence-electron chi connectivity index (χ3n) is 2.92. The molecule has 0 amide bonds. The number of para-hydroxylation sites is 1. The summed E-state index contributed by atoms with van der Waals surface area (Å²) in [5.41, 5.74) is 2.49. The zero-order valence-electron chi connectivity index (χ0n) is 11.9. The van der Waals surface area contributed by atoms with E-state index in [1.807, 2.05) is 42.5 Å². The molecule has 0 aliphatic carbocycles. The third kappa shape index (κ3) is 5.43. The van der Waals surface area contributed by atoms with Crippen LogP contribution >= 0.6 is 0 Å². The molecule has 0 aliphatic heterocycles. The molecule has 0 aliphatic rings. The Kier molecular flexibility index (Phi) is 7.11. The van der Waals surface area contributed by atoms with Crippen LogP contribution in [0.25, 0.3) is 6.08 Å². The van der Waals surface area contributed by atoms with Gasteiger partial charge in [-0.3, -0.25) is 0 Å². The van der Waals surface area contributed by atoms with Crippen LogP contribution in [0.4, 0.5) is 5.69 Å². The van der Waals surface area contributed by atoms with E-state index in [0.29, 0.717) is 0 Å². The summed E-state index contributed by atoms with van der Waals surface area (Å²) in [6.45, 7) is 10.2. The molecule has 19 heavy (non-hydrogen) atoms. The summed E-state index contributed by atoms with van der Waals surface area (Å²) in [6.07, 6.45) is 1.83. The van der Waals surface area contributed by atoms with Crippen molar-refractivity contribution in [2.75, 3.05) is 18.0 Å². The van der Waals surface area contributed by atoms with Crippen molar-refractivity contribution in [2.24, 2.45) is 0 Å². The molecule has 0 atom stereocenters. The Morgan fingerprint density at radius 3 is 1.68 bits per heavy atom. The Hall–Kier alpha value is -2.02. The van der Waals surface area contributed by atoms with Gasteiger partial charge < -0.3 is 4.90 Å². The SMILES string of the molecule is C=Cc1ccccc1.CCN(CC)c1ccccc1. The topological polar surface area (TPSA) is 3.24 Å². The standard InChI is InChI=1S/C10H15N.C8H8/c1-3-11(4-2)10-8-6-5-7-9-10;1-2-8-6-4-3-5-7-8/h5-9H,3-4H2,1-2H3;2-7H,1H2. The van der Waals surface area contributed by atoms with E-state index in [1.165, 1.54) is 11.3 Å². The zero-order valence-corrected chi connectivity index (χ0v) is 11.9. The van der Waals surface area contributed by atoms with Crippen LogP contribution in [0.15, 0.2) is 67.2 Å². The zero-order chi connectivity index (χ0) is 13.9. The van der Waals surface area contributed by atoms with E-state index in [0.717, 1.165) is 13.1 Å². The quantitative estimate of drug-likeness (QED) is 0.752. The molecule has 0 saturated heterocycles. The first kappa shape index (κ1) is 15.0. The highest BCUT2D eigenvalue weighted by atomic mass is 15.1. The molecule has 0 fully saturated rings. The molecule has 1 heteroatoms. The summed E-state index contributed by atoms with van der Waals surface area (Å²) in [5.74, 6) is 0. The van der Waals surface area contributed by atoms with Gasteiger partial charge in [-0.05, 0) is 31.5 Å². The highest BCUT2D eigenvalue weighted by Gasteiger charge is 1.97. The first-order valence-electron chi connectivity index (χ1n) is 6.79. The van der Waals surface area contributed by atoms with Crippen LogP contribution in [0.5, 0.6) is 0 Å². The van der Waals surface area contributed by atoms with Crippen molar-refractivity contribution in [3.8, 4) is 0 Å². The molecule has 0 aromatic heterocycles. The molecule has 2 aromatic rings. The summed E-state index contributed by atoms with van der Waals surface area (Å²) in [6, 6.07) is 20.5. The average Bonchev–Trinajstić information content (AvgIpc) is 2.51. The van der Waals surface area contributed by atoms with Gasteiger partial charge >= 0.3 is 0 Å². The second-order valence-corrected chi connectivity index (χ2v) is 4.12. The predicted octanol–water partition coefficient (Wildman–Crippen LogP) is 4.86. The Morgan fingerprint density at radius 2 is 1.32 bits per heavy atom. The first-order valence-corrected chi connectivity index (χ1v) is 6.79. The normalized spacial score (nSPS) is 9.16. The number of benzene rings is 2. The molecule has 0 saturated carbocycles. The van der Waals surface area contributed by atoms with Gasteiger partial charge in [-0.15, -0.1) is 0 Å². The second kappa shape index (κ2) is 8.98. The average molecular weight is 253 g/mol. The van der Waals surface area contributed by atoms with E-state index in [2.05, 4.69) is 49.6 Å². The summed E-state index contributed by atoms with van der Waals surface area (Å²) in [5, 5.41) is 0. The monoisotopic (exact) mass is 253 g/mol. The fourth-order valence-corrected chi connectivity index (χ4v) is 1.82. The number of rotatable bonds is 4. The lowest BCUT2D eigenvalue weighted by atomic mass is 10.2. The molecule has 0 radical (unpaired) electrons. The number of nitrogens with zero attached hydrogens (tertiary/aromatic N) is 1. The fourth-order valence-electron chi connectivity index (χ4n) is 1.82. The molecule has 100 valence electrons. The van der Waals surface area contributed by atoms with Crippen LogP contribution in [0.3, 0.4) is 0 Å². The van der Waals surface area contributed by atoms with E-state index in [-0.39, 0.29) is 0 Å². The summed E-state index contributed by atoms with van der Waals surface area (Å²) in [7, 11) is 0. The van der Waals surface area contributed by atoms with Crippen LogP contribution < -0.4 is 4.90 Å². The van der Waals surface area contributed by atoms with Gasteiger partial charge in [0.1, 0.15) is 0 Å². The lowest BCUT2D eigenvalue weighted by Gasteiger charge is -2.20. The van der Waals surface area contributed by atoms with Crippen molar-refractivity contribution in [2.45, 2.75) is 13.8 Å². The van der Waals surface area contributed by atoms with Gasteiger partial charge in [0, 0.05) is 18.8 Å². The molecule has 0 heterocycles. The Balaban J connectivity index is 0.000000200. The highest BCUT2D eigenvalue weighted by Crippen LogP contribution is 2.11. The summed E-state index contributed by atoms with van der Waals surface area (Å²) < 4.78 is 0. The number of hydrogen-bond donors (Lipinski definition) is 0. The Labute approximate surface area is 117 Å². The Bertz CT molecular complexity index is 444. The van der Waals surface area contributed by atoms with Gasteiger partial charge in [0.05, 0.1) is 0 Å². The van der Waals surface area contributed by atoms with E-state index < -0.39 is 0 Å². The van der Waals surface area contributed by atoms with Crippen LogP contribution in [0.1, 0.15) is 19.4 Å². The molecule has 2 aromatic carbocycles. The molecule has 0 bridgehead atoms. The van der Waals surface area contributed by atoms with Crippen molar-refractivity contribution < 1.29 is 0 Å². The minimum Gasteiger partial charge on any atom is -0.372 e. The van der Waals surface area contributed by atoms with Gasteiger partial charge in [-0.25, -0.2) is 0 Å². The van der Waals surface area contributed by atoms with Gasteiger partial charge in [0.25, 0.3) is 0 Å². The minimum absolute atomic E-state index is 1.08. The second-order valence-electron chi connectivity index (χ2n) is 4.12. The van der Waals surface area contributed by atoms with E-state index >= 15 is 0 Å². The number of hydrogen-bond acceptors (Lipinski definition) is 1. The van der Waals surface area contributed by atoms with E-state index in [4.69, 9.17) is 0 Å². The van der Waals surface area contributed by atoms with Crippen LogP contribution in [0, 0.1) is 0 Å². The van der Waals surface area contributed by atoms with Crippen molar-refractivity contribution in [3.05, 3.63) is 72.8 Å². The van der Waals surface area contributed by atoms with Gasteiger partial charge in [0.2, 0.25) is 0 Å². The third-order valence-corrected chi connectivity index (χ3v) is 2.92. The largest absolute Gasteiger partial charge is 0.372 e. The molecule has 2 rings (SSSR count). The van der Waals surface area contributed by atoms with Crippen molar-refractivity contribution in [1.82, 2.24) is 0 Å². The Morgan fingerprint density at radius 1 is 0.842 bits per heavy atom. The van der Waals surface area contributed by atoms with Crippen LogP contribution in [-0.2, 0) is 0 Å². The summed E-state index contributed by atoms with van der Waals surface area (Å²) in [4.78, 5) is 2.33. The maximum absolute atomic E-state index is 3.63. The number of anilines is 1. The maximum Gasteiger partial charge on any atom is 0.0365 e. The molecule has 0 N–H and O–H groups in total. The lowest BCUT2D eigenvalue weighted by Crippen LogP contribution is -2.21. The smallest absolute Gasteiger partial charge is 0.0365 e. The molecule has 1 nitrogen and oxygen atoms in total. The van der Waals surface area contributed by atoms with Crippen LogP contribution in [-0.4, -0.2) is 13.1 Å². The first-order chi connectivity index (χ1) is 9.31. The van der Waals surface area contributed by atoms with Crippen molar-refractivity contribution >= 4 is 11.8 Å². The van der Waals surface area contributed by atoms with Gasteiger partial charge in [0.15, 0.2) is 0 Å². The van der Waals surface area contributed by atoms with Gasteiger partial charge in [-0.1, -0.05) is 61.2 Å².